The van der Waals surface area contributed by atoms with E-state index in [9.17, 15) is 4.39 Å². The molecule has 1 heterocycles. The van der Waals surface area contributed by atoms with Crippen LogP contribution in [0.2, 0.25) is 5.02 Å². The van der Waals surface area contributed by atoms with Crippen LogP contribution in [0.25, 0.3) is 22.0 Å². The van der Waals surface area contributed by atoms with Crippen LogP contribution in [0, 0.1) is 12.7 Å². The molecule has 8 nitrogen and oxygen atoms in total. The Morgan fingerprint density at radius 1 is 0.765 bits per heavy atom. The van der Waals surface area contributed by atoms with Crippen molar-refractivity contribution in [2.45, 2.75) is 32.9 Å². The van der Waals surface area contributed by atoms with Gasteiger partial charge in [-0.15, -0.1) is 0 Å². The summed E-state index contributed by atoms with van der Waals surface area (Å²) in [6.07, 6.45) is 3.18. The van der Waals surface area contributed by atoms with Gasteiger partial charge in [0, 0.05) is 35.3 Å². The number of rotatable bonds is 16. The second-order valence-corrected chi connectivity index (χ2v) is 12.4. The summed E-state index contributed by atoms with van der Waals surface area (Å²) in [7, 11) is 3.27. The van der Waals surface area contributed by atoms with Crippen LogP contribution in [0.1, 0.15) is 29.5 Å². The Morgan fingerprint density at radius 3 is 2.41 bits per heavy atom. The summed E-state index contributed by atoms with van der Waals surface area (Å²) < 4.78 is 37.3. The van der Waals surface area contributed by atoms with Crippen molar-refractivity contribution in [3.8, 4) is 34.1 Å². The van der Waals surface area contributed by atoms with Crippen LogP contribution >= 0.6 is 11.6 Å². The number of benzene rings is 5. The lowest BCUT2D eigenvalue weighted by molar-refractivity contribution is 0.286. The minimum atomic E-state index is -0.489. The van der Waals surface area contributed by atoms with Gasteiger partial charge in [0.15, 0.2) is 11.5 Å². The Hall–Kier alpha value is -5.38. The highest BCUT2D eigenvalue weighted by atomic mass is 35.5. The van der Waals surface area contributed by atoms with Crippen molar-refractivity contribution in [1.82, 2.24) is 15.3 Å². The maximum atomic E-state index is 13.7. The van der Waals surface area contributed by atoms with Gasteiger partial charge in [0.2, 0.25) is 0 Å². The predicted octanol–water partition coefficient (Wildman–Crippen LogP) is 9.69. The molecule has 51 heavy (non-hydrogen) atoms. The number of methoxy groups -OCH3 is 2. The van der Waals surface area contributed by atoms with E-state index in [-0.39, 0.29) is 5.02 Å². The van der Waals surface area contributed by atoms with E-state index in [4.69, 9.17) is 30.5 Å². The molecule has 262 valence electrons. The molecule has 0 saturated carbocycles. The van der Waals surface area contributed by atoms with Crippen molar-refractivity contribution >= 4 is 34.0 Å². The summed E-state index contributed by atoms with van der Waals surface area (Å²) in [6, 6.07) is 30.8. The number of ether oxygens (including phenoxy) is 4. The Morgan fingerprint density at radius 2 is 1.61 bits per heavy atom. The molecular formula is C41H40ClFN4O4. The molecule has 0 aliphatic heterocycles. The monoisotopic (exact) mass is 706 g/mol. The average molecular weight is 707 g/mol. The molecule has 0 bridgehead atoms. The van der Waals surface area contributed by atoms with Crippen LogP contribution in [-0.4, -0.2) is 37.3 Å². The van der Waals surface area contributed by atoms with Gasteiger partial charge in [-0.05, 0) is 78.9 Å². The second-order valence-electron chi connectivity index (χ2n) is 11.9. The highest BCUT2D eigenvalue weighted by Crippen LogP contribution is 2.35. The largest absolute Gasteiger partial charge is 0.496 e. The number of anilines is 2. The molecule has 1 aromatic heterocycles. The van der Waals surface area contributed by atoms with E-state index in [1.165, 1.54) is 35.2 Å². The topological polar surface area (TPSA) is 86.8 Å². The van der Waals surface area contributed by atoms with E-state index in [0.717, 1.165) is 47.4 Å². The molecule has 0 radical (unpaired) electrons. The second kappa shape index (κ2) is 17.0. The molecule has 0 amide bonds. The lowest BCUT2D eigenvalue weighted by Crippen LogP contribution is -2.16. The first-order valence-electron chi connectivity index (χ1n) is 16.8. The van der Waals surface area contributed by atoms with Gasteiger partial charge in [0.1, 0.15) is 36.1 Å². The number of nitrogens with one attached hydrogen (secondary N) is 2. The van der Waals surface area contributed by atoms with Crippen LogP contribution < -0.4 is 29.6 Å². The molecular weight excluding hydrogens is 667 g/mol. The normalized spacial score (nSPS) is 11.0. The lowest BCUT2D eigenvalue weighted by atomic mass is 9.97. The molecule has 0 saturated heterocycles. The maximum Gasteiger partial charge on any atom is 0.162 e. The highest BCUT2D eigenvalue weighted by Gasteiger charge is 2.13. The molecule has 0 unspecified atom stereocenters. The van der Waals surface area contributed by atoms with E-state index in [2.05, 4.69) is 70.0 Å². The highest BCUT2D eigenvalue weighted by molar-refractivity contribution is 6.31. The molecule has 5 aromatic carbocycles. The number of fused-ring (bicyclic) bond motifs is 1. The quantitative estimate of drug-likeness (QED) is 0.0963. The fourth-order valence-corrected chi connectivity index (χ4v) is 5.98. The van der Waals surface area contributed by atoms with Gasteiger partial charge in [-0.1, -0.05) is 66.2 Å². The number of hydrogen-bond acceptors (Lipinski definition) is 8. The average Bonchev–Trinajstić information content (AvgIpc) is 3.16. The van der Waals surface area contributed by atoms with Crippen molar-refractivity contribution in [2.24, 2.45) is 0 Å². The third kappa shape index (κ3) is 8.86. The smallest absolute Gasteiger partial charge is 0.162 e. The van der Waals surface area contributed by atoms with Crippen LogP contribution in [0.5, 0.6) is 23.0 Å². The van der Waals surface area contributed by atoms with Gasteiger partial charge in [-0.2, -0.15) is 0 Å². The van der Waals surface area contributed by atoms with Gasteiger partial charge in [-0.25, -0.2) is 14.4 Å². The molecule has 0 fully saturated rings. The predicted molar refractivity (Wildman–Crippen MR) is 201 cm³/mol. The summed E-state index contributed by atoms with van der Waals surface area (Å²) in [5, 5.41) is 7.45. The number of hydrogen-bond donors (Lipinski definition) is 2. The van der Waals surface area contributed by atoms with E-state index in [1.807, 2.05) is 36.4 Å². The molecule has 2 N–H and O–H groups in total. The first-order valence-corrected chi connectivity index (χ1v) is 17.1. The summed E-state index contributed by atoms with van der Waals surface area (Å²) in [6.45, 7) is 4.57. The minimum absolute atomic E-state index is 0.0212. The summed E-state index contributed by atoms with van der Waals surface area (Å²) >= 11 is 5.97. The Balaban J connectivity index is 0.985. The van der Waals surface area contributed by atoms with E-state index >= 15 is 0 Å². The van der Waals surface area contributed by atoms with Crippen LogP contribution in [0.3, 0.4) is 0 Å². The number of unbranched alkanes of at least 4 members (excludes halogenated alkanes) is 1. The molecule has 6 rings (SSSR count). The van der Waals surface area contributed by atoms with Gasteiger partial charge in [0.05, 0.1) is 31.4 Å². The van der Waals surface area contributed by atoms with Crippen molar-refractivity contribution in [2.75, 3.05) is 32.7 Å². The van der Waals surface area contributed by atoms with Gasteiger partial charge < -0.3 is 29.6 Å². The Labute approximate surface area is 302 Å². The molecule has 0 aliphatic rings. The molecule has 6 aromatic rings. The first kappa shape index (κ1) is 35.4. The summed E-state index contributed by atoms with van der Waals surface area (Å²) in [5.41, 5.74) is 7.10. The van der Waals surface area contributed by atoms with Crippen molar-refractivity contribution in [3.63, 3.8) is 0 Å². The Bertz CT molecular complexity index is 2100. The van der Waals surface area contributed by atoms with Crippen molar-refractivity contribution in [3.05, 3.63) is 131 Å². The zero-order valence-electron chi connectivity index (χ0n) is 28.8. The van der Waals surface area contributed by atoms with E-state index in [1.54, 1.807) is 20.3 Å². The fourth-order valence-electron chi connectivity index (χ4n) is 5.80. The van der Waals surface area contributed by atoms with Crippen molar-refractivity contribution in [1.29, 1.82) is 0 Å². The third-order valence-corrected chi connectivity index (χ3v) is 8.90. The van der Waals surface area contributed by atoms with E-state index in [0.29, 0.717) is 48.3 Å². The molecule has 0 aliphatic carbocycles. The van der Waals surface area contributed by atoms with Gasteiger partial charge in [0.25, 0.3) is 0 Å². The zero-order chi connectivity index (χ0) is 35.6. The van der Waals surface area contributed by atoms with Crippen LogP contribution in [0.15, 0.2) is 103 Å². The maximum absolute atomic E-state index is 13.7. The van der Waals surface area contributed by atoms with E-state index < -0.39 is 5.82 Å². The SMILES string of the molecule is COc1cc(OCc2cccc(-c3ccccc3)c2C)ccc1CNCCCCOc1cc2c(Nc3ccc(F)c(Cl)c3)ncnc2cc1OC. The lowest BCUT2D eigenvalue weighted by Gasteiger charge is -2.15. The number of halogens is 2. The van der Waals surface area contributed by atoms with Crippen LogP contribution in [0.4, 0.5) is 15.9 Å². The zero-order valence-corrected chi connectivity index (χ0v) is 29.6. The standard InChI is InChI=1S/C41H40ClFN4O4/c1-27-30(12-9-13-33(27)28-10-5-4-6-11-28)25-51-32-16-14-29(38(21-32)48-2)24-44-18-7-8-19-50-40-22-34-37(23-39(40)49-3)45-26-46-41(34)47-31-15-17-36(43)35(42)20-31/h4-6,9-17,20-23,26,44H,7-8,18-19,24-25H2,1-3H3,(H,45,46,47). The number of nitrogens with zero attached hydrogens (tertiary/aromatic N) is 2. The first-order chi connectivity index (χ1) is 24.9. The van der Waals surface area contributed by atoms with Gasteiger partial charge in [-0.3, -0.25) is 0 Å². The van der Waals surface area contributed by atoms with Crippen LogP contribution in [-0.2, 0) is 13.2 Å². The van der Waals surface area contributed by atoms with Crippen molar-refractivity contribution < 1.29 is 23.3 Å². The molecule has 0 spiro atoms. The minimum Gasteiger partial charge on any atom is -0.496 e. The Kier molecular flexibility index (Phi) is 11.8. The van der Waals surface area contributed by atoms with Gasteiger partial charge >= 0.3 is 0 Å². The summed E-state index contributed by atoms with van der Waals surface area (Å²) in [5.74, 6) is 2.75. The fraction of sp³-hybridized carbons (Fsp3) is 0.220. The molecule has 10 heteroatoms. The molecule has 0 atom stereocenters. The summed E-state index contributed by atoms with van der Waals surface area (Å²) in [4.78, 5) is 8.76. The number of aromatic nitrogens is 2. The third-order valence-electron chi connectivity index (χ3n) is 8.61.